The van der Waals surface area contributed by atoms with Gasteiger partial charge in [0.15, 0.2) is 0 Å². The molecule has 1 heterocycles. The lowest BCUT2D eigenvalue weighted by atomic mass is 10.1. The zero-order valence-corrected chi connectivity index (χ0v) is 18.1. The van der Waals surface area contributed by atoms with Crippen molar-refractivity contribution in [3.05, 3.63) is 77.4 Å². The van der Waals surface area contributed by atoms with Gasteiger partial charge in [0, 0.05) is 17.1 Å². The minimum absolute atomic E-state index is 1.25. The van der Waals surface area contributed by atoms with E-state index in [4.69, 9.17) is 0 Å². The number of hydrogen-bond donors (Lipinski definition) is 0. The van der Waals surface area contributed by atoms with Gasteiger partial charge < -0.3 is 4.90 Å². The molecule has 0 aromatic heterocycles. The van der Waals surface area contributed by atoms with Crippen LogP contribution in [0.1, 0.15) is 30.5 Å². The van der Waals surface area contributed by atoms with Crippen molar-refractivity contribution < 1.29 is 0 Å². The average molecular weight is 372 g/mol. The van der Waals surface area contributed by atoms with E-state index in [0.717, 1.165) is 0 Å². The van der Waals surface area contributed by atoms with E-state index in [-0.39, 0.29) is 0 Å². The lowest BCUT2D eigenvalue weighted by Crippen LogP contribution is -2.62. The molecule has 0 aliphatic carbocycles. The fraction of sp³-hybridized carbons (Fsp3) is 0.280. The summed E-state index contributed by atoms with van der Waals surface area (Å²) in [6.45, 7) is 11.4. The summed E-state index contributed by atoms with van der Waals surface area (Å²) < 4.78 is 0. The average Bonchev–Trinajstić information content (AvgIpc) is 2.67. The maximum Gasteiger partial charge on any atom is 0.123 e. The van der Waals surface area contributed by atoms with E-state index in [2.05, 4.69) is 100 Å². The van der Waals surface area contributed by atoms with Gasteiger partial charge in [0.2, 0.25) is 0 Å². The molecule has 0 spiro atoms. The summed E-state index contributed by atoms with van der Waals surface area (Å²) in [6.07, 6.45) is 0. The summed E-state index contributed by atoms with van der Waals surface area (Å²) in [5.41, 5.74) is 8.06. The van der Waals surface area contributed by atoms with Gasteiger partial charge in [-0.1, -0.05) is 79.0 Å². The Morgan fingerprint density at radius 1 is 0.630 bits per heavy atom. The predicted molar refractivity (Wildman–Crippen MR) is 121 cm³/mol. The zero-order valence-electron chi connectivity index (χ0n) is 17.1. The molecule has 0 bridgehead atoms. The molecule has 3 aromatic carbocycles. The standard InChI is InChI=1S/C25H29NSi/c1-6-27(7-2)24-16-19(4)10-14-22(24)26(21-12-8-18(3)9-13-21)23-15-11-20(5)17-25(23)27/h8-17H,6-7H2,1-5H3. The molecule has 0 N–H and O–H groups in total. The Morgan fingerprint density at radius 3 is 1.52 bits per heavy atom. The molecule has 4 rings (SSSR count). The van der Waals surface area contributed by atoms with Crippen LogP contribution in [0, 0.1) is 20.8 Å². The fourth-order valence-electron chi connectivity index (χ4n) is 4.72. The quantitative estimate of drug-likeness (QED) is 0.511. The Kier molecular flexibility index (Phi) is 4.47. The molecule has 0 fully saturated rings. The van der Waals surface area contributed by atoms with Crippen LogP contribution in [-0.4, -0.2) is 8.07 Å². The maximum atomic E-state index is 2.49. The molecule has 0 saturated carbocycles. The van der Waals surface area contributed by atoms with Gasteiger partial charge in [0.05, 0.1) is 0 Å². The van der Waals surface area contributed by atoms with Crippen molar-refractivity contribution in [2.24, 2.45) is 0 Å². The van der Waals surface area contributed by atoms with Crippen molar-refractivity contribution in [1.82, 2.24) is 0 Å². The topological polar surface area (TPSA) is 3.24 Å². The van der Waals surface area contributed by atoms with E-state index in [0.29, 0.717) is 0 Å². The van der Waals surface area contributed by atoms with Crippen LogP contribution in [0.25, 0.3) is 0 Å². The fourth-order valence-corrected chi connectivity index (χ4v) is 9.41. The number of aryl methyl sites for hydroxylation is 3. The normalized spacial score (nSPS) is 14.6. The summed E-state index contributed by atoms with van der Waals surface area (Å²) in [5.74, 6) is 0. The number of anilines is 3. The molecule has 27 heavy (non-hydrogen) atoms. The largest absolute Gasteiger partial charge is 0.311 e. The van der Waals surface area contributed by atoms with Gasteiger partial charge >= 0.3 is 0 Å². The Morgan fingerprint density at radius 2 is 1.07 bits per heavy atom. The van der Waals surface area contributed by atoms with Gasteiger partial charge in [0.25, 0.3) is 0 Å². The molecule has 1 nitrogen and oxygen atoms in total. The van der Waals surface area contributed by atoms with Crippen molar-refractivity contribution in [1.29, 1.82) is 0 Å². The third kappa shape index (κ3) is 2.74. The van der Waals surface area contributed by atoms with E-state index >= 15 is 0 Å². The van der Waals surface area contributed by atoms with Gasteiger partial charge in [-0.25, -0.2) is 0 Å². The molecule has 0 radical (unpaired) electrons. The van der Waals surface area contributed by atoms with Gasteiger partial charge in [-0.15, -0.1) is 0 Å². The summed E-state index contributed by atoms with van der Waals surface area (Å²) in [6, 6.07) is 25.6. The summed E-state index contributed by atoms with van der Waals surface area (Å²) in [7, 11) is -1.76. The van der Waals surface area contributed by atoms with Crippen LogP contribution in [0.4, 0.5) is 17.1 Å². The summed E-state index contributed by atoms with van der Waals surface area (Å²) in [5, 5.41) is 3.21. The Hall–Kier alpha value is -2.32. The van der Waals surface area contributed by atoms with E-state index in [1.54, 1.807) is 10.4 Å². The highest BCUT2D eigenvalue weighted by Gasteiger charge is 2.43. The SMILES string of the molecule is CC[Si]1(CC)c2cc(C)ccc2N(c2ccc(C)cc2)c2ccc(C)cc21. The Bertz CT molecular complexity index is 928. The molecule has 0 unspecified atom stereocenters. The molecule has 0 amide bonds. The molecule has 2 heteroatoms. The Labute approximate surface area is 164 Å². The molecule has 138 valence electrons. The number of benzene rings is 3. The summed E-state index contributed by atoms with van der Waals surface area (Å²) >= 11 is 0. The van der Waals surface area contributed by atoms with Gasteiger partial charge in [-0.3, -0.25) is 0 Å². The van der Waals surface area contributed by atoms with Crippen molar-refractivity contribution in [3.63, 3.8) is 0 Å². The van der Waals surface area contributed by atoms with Crippen LogP contribution >= 0.6 is 0 Å². The second-order valence-electron chi connectivity index (χ2n) is 8.00. The highest BCUT2D eigenvalue weighted by atomic mass is 28.3. The van der Waals surface area contributed by atoms with Gasteiger partial charge in [-0.05, 0) is 55.4 Å². The second-order valence-corrected chi connectivity index (χ2v) is 12.7. The third-order valence-electron chi connectivity index (χ3n) is 6.32. The minimum Gasteiger partial charge on any atom is -0.311 e. The van der Waals surface area contributed by atoms with E-state index < -0.39 is 8.07 Å². The van der Waals surface area contributed by atoms with Crippen LogP contribution in [-0.2, 0) is 0 Å². The molecule has 3 aromatic rings. The van der Waals surface area contributed by atoms with Crippen LogP contribution in [0.5, 0.6) is 0 Å². The van der Waals surface area contributed by atoms with E-state index in [1.165, 1.54) is 45.8 Å². The van der Waals surface area contributed by atoms with Crippen LogP contribution in [0.15, 0.2) is 60.7 Å². The number of nitrogens with zero attached hydrogens (tertiary/aromatic N) is 1. The smallest absolute Gasteiger partial charge is 0.123 e. The molecule has 0 atom stereocenters. The molecule has 1 aliphatic heterocycles. The van der Waals surface area contributed by atoms with Crippen LogP contribution in [0.3, 0.4) is 0 Å². The number of rotatable bonds is 3. The minimum atomic E-state index is -1.76. The first-order valence-corrected chi connectivity index (χ1v) is 12.5. The highest BCUT2D eigenvalue weighted by Crippen LogP contribution is 2.40. The first kappa shape index (κ1) is 18.1. The van der Waals surface area contributed by atoms with Crippen molar-refractivity contribution >= 4 is 35.5 Å². The van der Waals surface area contributed by atoms with Crippen molar-refractivity contribution in [2.75, 3.05) is 4.90 Å². The molecular weight excluding hydrogens is 342 g/mol. The Balaban J connectivity index is 2.07. The third-order valence-corrected chi connectivity index (χ3v) is 11.6. The first-order valence-electron chi connectivity index (χ1n) is 10.1. The van der Waals surface area contributed by atoms with E-state index in [9.17, 15) is 0 Å². The lowest BCUT2D eigenvalue weighted by molar-refractivity contribution is 1.22. The molecule has 0 saturated heterocycles. The van der Waals surface area contributed by atoms with Gasteiger partial charge in [-0.2, -0.15) is 0 Å². The molecular formula is C25H29NSi. The summed E-state index contributed by atoms with van der Waals surface area (Å²) in [4.78, 5) is 2.49. The monoisotopic (exact) mass is 371 g/mol. The van der Waals surface area contributed by atoms with Crippen LogP contribution in [0.2, 0.25) is 12.1 Å². The lowest BCUT2D eigenvalue weighted by Gasteiger charge is -2.44. The maximum absolute atomic E-state index is 2.49. The molecule has 1 aliphatic rings. The highest BCUT2D eigenvalue weighted by molar-refractivity contribution is 7.04. The second kappa shape index (κ2) is 6.69. The number of hydrogen-bond acceptors (Lipinski definition) is 1. The van der Waals surface area contributed by atoms with E-state index in [1.807, 2.05) is 0 Å². The van der Waals surface area contributed by atoms with Crippen LogP contribution < -0.4 is 15.3 Å². The number of fused-ring (bicyclic) bond motifs is 2. The zero-order chi connectivity index (χ0) is 19.2. The van der Waals surface area contributed by atoms with Gasteiger partial charge in [0.1, 0.15) is 8.07 Å². The predicted octanol–water partition coefficient (Wildman–Crippen LogP) is 6.00. The van der Waals surface area contributed by atoms with Crippen molar-refractivity contribution in [2.45, 2.75) is 46.7 Å². The van der Waals surface area contributed by atoms with Crippen molar-refractivity contribution in [3.8, 4) is 0 Å². The first-order chi connectivity index (χ1) is 13.0.